The quantitative estimate of drug-likeness (QED) is 0.821. The van der Waals surface area contributed by atoms with Crippen molar-refractivity contribution in [2.45, 2.75) is 13.8 Å². The van der Waals surface area contributed by atoms with Crippen molar-refractivity contribution in [3.63, 3.8) is 0 Å². The molecular formula is C10H12N4OS. The molecule has 0 saturated heterocycles. The molecule has 2 aromatic rings. The number of aryl methyl sites for hydroxylation is 2. The smallest absolute Gasteiger partial charge is 0.339 e. The molecule has 5 nitrogen and oxygen atoms in total. The largest absolute Gasteiger partial charge is 0.341 e. The van der Waals surface area contributed by atoms with Gasteiger partial charge < -0.3 is 5.32 Å². The summed E-state index contributed by atoms with van der Waals surface area (Å²) in [6.07, 6.45) is 1.64. The average Bonchev–Trinajstić information content (AvgIpc) is 2.83. The van der Waals surface area contributed by atoms with Gasteiger partial charge in [0.15, 0.2) is 0 Å². The first-order chi connectivity index (χ1) is 7.61. The van der Waals surface area contributed by atoms with Crippen LogP contribution in [0.25, 0.3) is 10.6 Å². The molecule has 0 aliphatic heterocycles. The molecule has 0 aliphatic carbocycles. The maximum absolute atomic E-state index is 11.3. The highest BCUT2D eigenvalue weighted by atomic mass is 32.1. The Morgan fingerprint density at radius 2 is 2.25 bits per heavy atom. The molecule has 84 valence electrons. The molecule has 6 heteroatoms. The van der Waals surface area contributed by atoms with E-state index in [0.29, 0.717) is 0 Å². The molecule has 0 saturated carbocycles. The molecule has 0 radical (unpaired) electrons. The first-order valence-electron chi connectivity index (χ1n) is 4.84. The number of rotatable bonds is 1. The standard InChI is InChI=1S/C10H12N4OS/c1-6-9(16-7(2)12-6)8-4-5-14(13-8)10(15)11-3/h4-5H,1-3H3,(H,11,15). The molecular weight excluding hydrogens is 224 g/mol. The van der Waals surface area contributed by atoms with Gasteiger partial charge in [0.05, 0.1) is 15.6 Å². The summed E-state index contributed by atoms with van der Waals surface area (Å²) >= 11 is 1.58. The molecule has 0 spiro atoms. The van der Waals surface area contributed by atoms with Gasteiger partial charge in [0, 0.05) is 13.2 Å². The number of hydrogen-bond donors (Lipinski definition) is 1. The summed E-state index contributed by atoms with van der Waals surface area (Å²) in [5, 5.41) is 7.72. The maximum atomic E-state index is 11.3. The van der Waals surface area contributed by atoms with Crippen LogP contribution in [0.15, 0.2) is 12.3 Å². The van der Waals surface area contributed by atoms with E-state index in [0.717, 1.165) is 21.3 Å². The molecule has 1 amide bonds. The number of nitrogens with one attached hydrogen (secondary N) is 1. The van der Waals surface area contributed by atoms with Gasteiger partial charge in [-0.1, -0.05) is 0 Å². The van der Waals surface area contributed by atoms with Crippen molar-refractivity contribution in [2.75, 3.05) is 7.05 Å². The van der Waals surface area contributed by atoms with Crippen LogP contribution in [-0.4, -0.2) is 27.8 Å². The number of thiazole rings is 1. The van der Waals surface area contributed by atoms with Crippen LogP contribution in [0.3, 0.4) is 0 Å². The van der Waals surface area contributed by atoms with E-state index in [1.807, 2.05) is 19.9 Å². The van der Waals surface area contributed by atoms with E-state index in [2.05, 4.69) is 15.4 Å². The predicted octanol–water partition coefficient (Wildman–Crippen LogP) is 1.81. The van der Waals surface area contributed by atoms with Crippen LogP contribution in [0, 0.1) is 13.8 Å². The fourth-order valence-electron chi connectivity index (χ4n) is 1.44. The van der Waals surface area contributed by atoms with Crippen LogP contribution in [0.5, 0.6) is 0 Å². The summed E-state index contributed by atoms with van der Waals surface area (Å²) in [7, 11) is 1.58. The molecule has 2 rings (SSSR count). The van der Waals surface area contributed by atoms with Crippen molar-refractivity contribution in [3.8, 4) is 10.6 Å². The van der Waals surface area contributed by atoms with Crippen LogP contribution >= 0.6 is 11.3 Å². The van der Waals surface area contributed by atoms with Crippen molar-refractivity contribution in [1.29, 1.82) is 0 Å². The van der Waals surface area contributed by atoms with Gasteiger partial charge >= 0.3 is 6.03 Å². The second kappa shape index (κ2) is 4.05. The minimum absolute atomic E-state index is 0.245. The molecule has 0 atom stereocenters. The number of aromatic nitrogens is 3. The van der Waals surface area contributed by atoms with Gasteiger partial charge in [-0.2, -0.15) is 9.78 Å². The predicted molar refractivity (Wildman–Crippen MR) is 62.7 cm³/mol. The van der Waals surface area contributed by atoms with E-state index in [4.69, 9.17) is 0 Å². The van der Waals surface area contributed by atoms with Crippen molar-refractivity contribution in [3.05, 3.63) is 23.0 Å². The minimum Gasteiger partial charge on any atom is -0.339 e. The molecule has 0 aromatic carbocycles. The third-order valence-corrected chi connectivity index (χ3v) is 3.24. The lowest BCUT2D eigenvalue weighted by Crippen LogP contribution is -2.24. The number of amides is 1. The Balaban J connectivity index is 2.38. The van der Waals surface area contributed by atoms with E-state index in [1.165, 1.54) is 4.68 Å². The normalized spacial score (nSPS) is 10.4. The second-order valence-corrected chi connectivity index (χ2v) is 4.55. The molecule has 0 unspecified atom stereocenters. The third-order valence-electron chi connectivity index (χ3n) is 2.15. The summed E-state index contributed by atoms with van der Waals surface area (Å²) in [5.41, 5.74) is 1.73. The van der Waals surface area contributed by atoms with Gasteiger partial charge in [0.1, 0.15) is 5.69 Å². The molecule has 2 aromatic heterocycles. The van der Waals surface area contributed by atoms with Gasteiger partial charge in [0.25, 0.3) is 0 Å². The monoisotopic (exact) mass is 236 g/mol. The van der Waals surface area contributed by atoms with E-state index >= 15 is 0 Å². The SMILES string of the molecule is CNC(=O)n1ccc(-c2sc(C)nc2C)n1. The Labute approximate surface area is 97.1 Å². The highest BCUT2D eigenvalue weighted by molar-refractivity contribution is 7.15. The van der Waals surface area contributed by atoms with Gasteiger partial charge in [0.2, 0.25) is 0 Å². The minimum atomic E-state index is -0.245. The van der Waals surface area contributed by atoms with Crippen LogP contribution in [-0.2, 0) is 0 Å². The number of hydrogen-bond acceptors (Lipinski definition) is 4. The maximum Gasteiger partial charge on any atom is 0.341 e. The van der Waals surface area contributed by atoms with Crippen molar-refractivity contribution < 1.29 is 4.79 Å². The second-order valence-electron chi connectivity index (χ2n) is 3.35. The van der Waals surface area contributed by atoms with E-state index in [1.54, 1.807) is 24.6 Å². The Kier molecular flexibility index (Phi) is 2.74. The highest BCUT2D eigenvalue weighted by Crippen LogP contribution is 2.27. The van der Waals surface area contributed by atoms with Crippen molar-refractivity contribution in [1.82, 2.24) is 20.1 Å². The van der Waals surface area contributed by atoms with Crippen LogP contribution in [0.2, 0.25) is 0 Å². The number of carbonyl (C=O) groups is 1. The highest BCUT2D eigenvalue weighted by Gasteiger charge is 2.12. The van der Waals surface area contributed by atoms with Gasteiger partial charge in [-0.15, -0.1) is 11.3 Å². The first kappa shape index (κ1) is 10.8. The first-order valence-corrected chi connectivity index (χ1v) is 5.65. The molecule has 16 heavy (non-hydrogen) atoms. The van der Waals surface area contributed by atoms with Gasteiger partial charge in [-0.05, 0) is 19.9 Å². The lowest BCUT2D eigenvalue weighted by molar-refractivity contribution is 0.241. The van der Waals surface area contributed by atoms with E-state index in [-0.39, 0.29) is 6.03 Å². The summed E-state index contributed by atoms with van der Waals surface area (Å²) in [5.74, 6) is 0. The lowest BCUT2D eigenvalue weighted by atomic mass is 10.3. The fraction of sp³-hybridized carbons (Fsp3) is 0.300. The summed E-state index contributed by atoms with van der Waals surface area (Å²) in [6.45, 7) is 3.90. The van der Waals surface area contributed by atoms with Gasteiger partial charge in [-0.25, -0.2) is 9.78 Å². The Hall–Kier alpha value is -1.69. The van der Waals surface area contributed by atoms with Crippen LogP contribution < -0.4 is 5.32 Å². The fourth-order valence-corrected chi connectivity index (χ4v) is 2.33. The van der Waals surface area contributed by atoms with Crippen molar-refractivity contribution in [2.24, 2.45) is 0 Å². The third kappa shape index (κ3) is 1.83. The molecule has 1 N–H and O–H groups in total. The van der Waals surface area contributed by atoms with Gasteiger partial charge in [-0.3, -0.25) is 0 Å². The zero-order valence-electron chi connectivity index (χ0n) is 9.31. The van der Waals surface area contributed by atoms with Crippen molar-refractivity contribution >= 4 is 17.4 Å². The van der Waals surface area contributed by atoms with E-state index in [9.17, 15) is 4.79 Å². The van der Waals surface area contributed by atoms with Crippen LogP contribution in [0.4, 0.5) is 4.79 Å². The zero-order valence-corrected chi connectivity index (χ0v) is 10.1. The number of carbonyl (C=O) groups excluding carboxylic acids is 1. The molecule has 0 bridgehead atoms. The Morgan fingerprint density at radius 1 is 1.50 bits per heavy atom. The Morgan fingerprint density at radius 3 is 2.81 bits per heavy atom. The topological polar surface area (TPSA) is 59.8 Å². The molecule has 2 heterocycles. The Bertz CT molecular complexity index is 529. The zero-order chi connectivity index (χ0) is 11.7. The summed E-state index contributed by atoms with van der Waals surface area (Å²) < 4.78 is 1.28. The average molecular weight is 236 g/mol. The summed E-state index contributed by atoms with van der Waals surface area (Å²) in [4.78, 5) is 16.7. The summed E-state index contributed by atoms with van der Waals surface area (Å²) in [6, 6.07) is 1.57. The number of nitrogens with zero attached hydrogens (tertiary/aromatic N) is 3. The molecule has 0 aliphatic rings. The lowest BCUT2D eigenvalue weighted by Gasteiger charge is -1.96. The van der Waals surface area contributed by atoms with Crippen LogP contribution in [0.1, 0.15) is 10.7 Å². The van der Waals surface area contributed by atoms with E-state index < -0.39 is 0 Å². The molecule has 0 fully saturated rings.